The Morgan fingerprint density at radius 1 is 1.43 bits per heavy atom. The first-order chi connectivity index (χ1) is 10.3. The second-order valence-corrected chi connectivity index (χ2v) is 5.71. The molecule has 1 N–H and O–H groups in total. The van der Waals surface area contributed by atoms with Crippen LogP contribution in [-0.2, 0) is 6.54 Å². The number of nitrogens with zero attached hydrogens (tertiary/aromatic N) is 3. The quantitative estimate of drug-likeness (QED) is 0.913. The van der Waals surface area contributed by atoms with Crippen LogP contribution in [0, 0.1) is 6.92 Å². The van der Waals surface area contributed by atoms with Crippen LogP contribution in [0.4, 0.5) is 0 Å². The lowest BCUT2D eigenvalue weighted by Crippen LogP contribution is -2.36. The summed E-state index contributed by atoms with van der Waals surface area (Å²) < 4.78 is 5.41. The molecule has 1 aromatic carbocycles. The van der Waals surface area contributed by atoms with Crippen molar-refractivity contribution < 1.29 is 4.52 Å². The number of rotatable bonds is 5. The molecule has 5 nitrogen and oxygen atoms in total. The minimum Gasteiger partial charge on any atom is -0.334 e. The minimum atomic E-state index is 0.580. The van der Waals surface area contributed by atoms with Crippen LogP contribution in [0.2, 0.25) is 0 Å². The van der Waals surface area contributed by atoms with Gasteiger partial charge in [-0.25, -0.2) is 0 Å². The van der Waals surface area contributed by atoms with E-state index < -0.39 is 0 Å². The molecule has 2 heterocycles. The van der Waals surface area contributed by atoms with E-state index in [4.69, 9.17) is 4.52 Å². The molecule has 1 aromatic heterocycles. The fourth-order valence-electron chi connectivity index (χ4n) is 2.97. The molecule has 0 aliphatic carbocycles. The fraction of sp³-hybridized carbons (Fsp3) is 0.500. The van der Waals surface area contributed by atoms with E-state index in [1.165, 1.54) is 18.4 Å². The van der Waals surface area contributed by atoms with Crippen molar-refractivity contribution in [3.05, 3.63) is 35.7 Å². The Hall–Kier alpha value is -1.72. The van der Waals surface area contributed by atoms with E-state index >= 15 is 0 Å². The van der Waals surface area contributed by atoms with Crippen LogP contribution in [0.1, 0.15) is 24.2 Å². The molecule has 0 bridgehead atoms. The highest BCUT2D eigenvalue weighted by Gasteiger charge is 2.25. The summed E-state index contributed by atoms with van der Waals surface area (Å²) in [4.78, 5) is 6.97. The normalized spacial score (nSPS) is 19.2. The molecule has 1 aliphatic heterocycles. The first-order valence-electron chi connectivity index (χ1n) is 7.54. The van der Waals surface area contributed by atoms with E-state index in [-0.39, 0.29) is 0 Å². The summed E-state index contributed by atoms with van der Waals surface area (Å²) in [7, 11) is 2.00. The molecular formula is C16H22N4O. The standard InChI is InChI=1S/C16H22N4O/c1-12-5-3-6-13(9-12)16-18-15(19-21-16)11-20-8-4-7-14(20)10-17-2/h3,5-6,9,14,17H,4,7-8,10-11H2,1-2H3. The summed E-state index contributed by atoms with van der Waals surface area (Å²) in [5.41, 5.74) is 2.18. The third-order valence-corrected chi connectivity index (χ3v) is 4.02. The van der Waals surface area contributed by atoms with E-state index in [0.29, 0.717) is 11.9 Å². The zero-order valence-electron chi connectivity index (χ0n) is 12.7. The lowest BCUT2D eigenvalue weighted by molar-refractivity contribution is 0.233. The number of hydrogen-bond acceptors (Lipinski definition) is 5. The average Bonchev–Trinajstić information content (AvgIpc) is 3.10. The van der Waals surface area contributed by atoms with Crippen molar-refractivity contribution in [2.45, 2.75) is 32.4 Å². The average molecular weight is 286 g/mol. The highest BCUT2D eigenvalue weighted by atomic mass is 16.5. The molecule has 1 unspecified atom stereocenters. The Kier molecular flexibility index (Phi) is 4.31. The minimum absolute atomic E-state index is 0.580. The highest BCUT2D eigenvalue weighted by molar-refractivity contribution is 5.53. The molecule has 2 aromatic rings. The van der Waals surface area contributed by atoms with Crippen LogP contribution in [0.5, 0.6) is 0 Å². The maximum atomic E-state index is 5.41. The third-order valence-electron chi connectivity index (χ3n) is 4.02. The van der Waals surface area contributed by atoms with Crippen molar-refractivity contribution in [2.75, 3.05) is 20.1 Å². The van der Waals surface area contributed by atoms with Crippen LogP contribution in [0.3, 0.4) is 0 Å². The Morgan fingerprint density at radius 2 is 2.33 bits per heavy atom. The first kappa shape index (κ1) is 14.2. The molecule has 1 fully saturated rings. The summed E-state index contributed by atoms with van der Waals surface area (Å²) in [5.74, 6) is 1.38. The predicted molar refractivity (Wildman–Crippen MR) is 81.8 cm³/mol. The van der Waals surface area contributed by atoms with Crippen molar-refractivity contribution in [3.8, 4) is 11.5 Å². The number of hydrogen-bond donors (Lipinski definition) is 1. The first-order valence-corrected chi connectivity index (χ1v) is 7.54. The summed E-state index contributed by atoms with van der Waals surface area (Å²) in [6, 6.07) is 8.72. The van der Waals surface area contributed by atoms with Crippen LogP contribution >= 0.6 is 0 Å². The molecule has 1 atom stereocenters. The summed E-state index contributed by atoms with van der Waals surface area (Å²) in [6.45, 7) is 4.96. The Labute approximate surface area is 125 Å². The summed E-state index contributed by atoms with van der Waals surface area (Å²) >= 11 is 0. The van der Waals surface area contributed by atoms with Crippen LogP contribution < -0.4 is 5.32 Å². The van der Waals surface area contributed by atoms with Gasteiger partial charge < -0.3 is 9.84 Å². The number of likely N-dealkylation sites (N-methyl/N-ethyl adjacent to an activating group) is 1. The van der Waals surface area contributed by atoms with E-state index in [9.17, 15) is 0 Å². The van der Waals surface area contributed by atoms with Gasteiger partial charge in [-0.2, -0.15) is 4.98 Å². The van der Waals surface area contributed by atoms with Crippen LogP contribution in [0.25, 0.3) is 11.5 Å². The Morgan fingerprint density at radius 3 is 3.14 bits per heavy atom. The lowest BCUT2D eigenvalue weighted by atomic mass is 10.1. The molecule has 0 saturated carbocycles. The van der Waals surface area contributed by atoms with Crippen LogP contribution in [0.15, 0.2) is 28.8 Å². The number of nitrogens with one attached hydrogen (secondary N) is 1. The molecule has 3 rings (SSSR count). The van der Waals surface area contributed by atoms with E-state index in [1.807, 2.05) is 19.2 Å². The van der Waals surface area contributed by atoms with Crippen LogP contribution in [-0.4, -0.2) is 41.2 Å². The number of aromatic nitrogens is 2. The van der Waals surface area contributed by atoms with E-state index in [1.54, 1.807) is 0 Å². The van der Waals surface area contributed by atoms with Gasteiger partial charge in [0.25, 0.3) is 5.89 Å². The molecular weight excluding hydrogens is 264 g/mol. The van der Waals surface area contributed by atoms with Crippen molar-refractivity contribution >= 4 is 0 Å². The van der Waals surface area contributed by atoms with Gasteiger partial charge in [-0.3, -0.25) is 4.90 Å². The number of likely N-dealkylation sites (tertiary alicyclic amines) is 1. The van der Waals surface area contributed by atoms with E-state index in [0.717, 1.165) is 31.0 Å². The largest absolute Gasteiger partial charge is 0.334 e. The van der Waals surface area contributed by atoms with Gasteiger partial charge in [-0.1, -0.05) is 22.9 Å². The highest BCUT2D eigenvalue weighted by Crippen LogP contribution is 2.21. The maximum Gasteiger partial charge on any atom is 0.257 e. The van der Waals surface area contributed by atoms with Gasteiger partial charge >= 0.3 is 0 Å². The molecule has 112 valence electrons. The van der Waals surface area contributed by atoms with Crippen molar-refractivity contribution in [1.29, 1.82) is 0 Å². The number of aryl methyl sites for hydroxylation is 1. The van der Waals surface area contributed by atoms with Gasteiger partial charge in [-0.05, 0) is 45.5 Å². The molecule has 0 amide bonds. The molecule has 0 radical (unpaired) electrons. The van der Waals surface area contributed by atoms with Gasteiger partial charge in [0.2, 0.25) is 0 Å². The topological polar surface area (TPSA) is 54.2 Å². The second kappa shape index (κ2) is 6.37. The third kappa shape index (κ3) is 3.31. The van der Waals surface area contributed by atoms with Gasteiger partial charge in [0.15, 0.2) is 5.82 Å². The van der Waals surface area contributed by atoms with Gasteiger partial charge in [0.1, 0.15) is 0 Å². The van der Waals surface area contributed by atoms with Gasteiger partial charge in [0, 0.05) is 18.2 Å². The molecule has 5 heteroatoms. The summed E-state index contributed by atoms with van der Waals surface area (Å²) in [6.07, 6.45) is 2.48. The summed E-state index contributed by atoms with van der Waals surface area (Å²) in [5, 5.41) is 7.39. The molecule has 21 heavy (non-hydrogen) atoms. The fourth-order valence-corrected chi connectivity index (χ4v) is 2.97. The second-order valence-electron chi connectivity index (χ2n) is 5.71. The predicted octanol–water partition coefficient (Wildman–Crippen LogP) is 2.23. The Bertz CT molecular complexity index is 595. The monoisotopic (exact) mass is 286 g/mol. The molecule has 1 aliphatic rings. The zero-order valence-corrected chi connectivity index (χ0v) is 12.7. The van der Waals surface area contributed by atoms with Gasteiger partial charge in [0.05, 0.1) is 6.54 Å². The molecule has 0 spiro atoms. The zero-order chi connectivity index (χ0) is 14.7. The van der Waals surface area contributed by atoms with Crippen molar-refractivity contribution in [3.63, 3.8) is 0 Å². The lowest BCUT2D eigenvalue weighted by Gasteiger charge is -2.22. The Balaban J connectivity index is 1.70. The SMILES string of the molecule is CNCC1CCCN1Cc1noc(-c2cccc(C)c2)n1. The van der Waals surface area contributed by atoms with Crippen molar-refractivity contribution in [1.82, 2.24) is 20.4 Å². The van der Waals surface area contributed by atoms with E-state index in [2.05, 4.69) is 39.4 Å². The number of benzene rings is 1. The van der Waals surface area contributed by atoms with Gasteiger partial charge in [-0.15, -0.1) is 0 Å². The smallest absolute Gasteiger partial charge is 0.257 e. The maximum absolute atomic E-state index is 5.41. The van der Waals surface area contributed by atoms with Crippen molar-refractivity contribution in [2.24, 2.45) is 0 Å². The molecule has 1 saturated heterocycles.